The van der Waals surface area contributed by atoms with Gasteiger partial charge in [-0.25, -0.2) is 0 Å². The lowest BCUT2D eigenvalue weighted by Gasteiger charge is -2.31. The number of nitro groups is 1. The number of non-ortho nitro benzene ring substituents is 1. The molecule has 0 N–H and O–H groups in total. The van der Waals surface area contributed by atoms with Crippen molar-refractivity contribution in [3.63, 3.8) is 0 Å². The highest BCUT2D eigenvalue weighted by Crippen LogP contribution is 2.60. The number of nitrogens with zero attached hydrogens (tertiary/aromatic N) is 3. The lowest BCUT2D eigenvalue weighted by Crippen LogP contribution is -2.40. The molecule has 0 fully saturated rings. The fourth-order valence-corrected chi connectivity index (χ4v) is 7.13. The second kappa shape index (κ2) is 10.5. The number of amides is 1. The van der Waals surface area contributed by atoms with Crippen LogP contribution in [0.1, 0.15) is 34.0 Å². The zero-order valence-electron chi connectivity index (χ0n) is 20.6. The molecule has 3 aromatic rings. The number of para-hydroxylation sites is 1. The van der Waals surface area contributed by atoms with Gasteiger partial charge in [-0.05, 0) is 41.7 Å². The zero-order valence-corrected chi connectivity index (χ0v) is 23.8. The molecule has 0 radical (unpaired) electrons. The highest BCUT2D eigenvalue weighted by atomic mass is 32.4. The second-order valence-corrected chi connectivity index (χ2v) is 15.3. The van der Waals surface area contributed by atoms with E-state index in [0.717, 1.165) is 23.4 Å². The number of carbonyl (C=O) groups is 1. The molecule has 0 saturated carbocycles. The largest absolute Gasteiger partial charge is 0.493 e. The zero-order chi connectivity index (χ0) is 26.3. The fraction of sp³-hybridized carbons (Fsp3) is 0.269. The minimum atomic E-state index is -0.722. The van der Waals surface area contributed by atoms with E-state index in [2.05, 4.69) is 28.6 Å². The Bertz CT molecular complexity index is 1380. The van der Waals surface area contributed by atoms with E-state index in [9.17, 15) is 14.9 Å². The molecule has 0 bridgehead atoms. The summed E-state index contributed by atoms with van der Waals surface area (Å²) in [4.78, 5) is 26.8. The quantitative estimate of drug-likeness (QED) is 0.199. The minimum absolute atomic E-state index is 0.0242. The summed E-state index contributed by atoms with van der Waals surface area (Å²) in [6.45, 7) is 2.78. The van der Waals surface area contributed by atoms with Crippen LogP contribution >= 0.6 is 25.3 Å². The van der Waals surface area contributed by atoms with Crippen LogP contribution < -0.4 is 19.0 Å². The van der Waals surface area contributed by atoms with Gasteiger partial charge in [0.15, 0.2) is 11.5 Å². The molecule has 0 spiro atoms. The van der Waals surface area contributed by atoms with Crippen molar-refractivity contribution < 1.29 is 19.2 Å². The van der Waals surface area contributed by atoms with Gasteiger partial charge in [-0.1, -0.05) is 49.0 Å². The maximum Gasteiger partial charge on any atom is 0.270 e. The van der Waals surface area contributed by atoms with Gasteiger partial charge in [-0.15, -0.1) is 0 Å². The molecule has 192 valence electrons. The van der Waals surface area contributed by atoms with Crippen molar-refractivity contribution in [2.75, 3.05) is 23.2 Å². The first kappa shape index (κ1) is 25.9. The highest BCUT2D eigenvalue weighted by Gasteiger charge is 2.40. The van der Waals surface area contributed by atoms with E-state index in [1.54, 1.807) is 19.2 Å². The molecule has 11 heteroatoms. The molecule has 0 saturated heterocycles. The normalized spacial score (nSPS) is 16.2. The predicted octanol–water partition coefficient (Wildman–Crippen LogP) is 6.11. The number of carbonyl (C=O) groups excluding carboxylic acids is 1. The van der Waals surface area contributed by atoms with Crippen LogP contribution in [0.3, 0.4) is 0 Å². The van der Waals surface area contributed by atoms with Crippen molar-refractivity contribution in [1.29, 1.82) is 0 Å². The van der Waals surface area contributed by atoms with E-state index in [4.69, 9.17) is 9.47 Å². The number of ether oxygens (including phenoxy) is 2. The Morgan fingerprint density at radius 3 is 2.54 bits per heavy atom. The maximum atomic E-state index is 13.9. The number of fused-ring (bicyclic) bond motifs is 4. The molecule has 3 atom stereocenters. The summed E-state index contributed by atoms with van der Waals surface area (Å²) in [6, 6.07) is 16.7. The Morgan fingerprint density at radius 2 is 1.84 bits per heavy atom. The summed E-state index contributed by atoms with van der Waals surface area (Å²) < 4.78 is 14.0. The Balaban J connectivity index is 1.53. The molecule has 3 aromatic carbocycles. The number of rotatable bonds is 7. The smallest absolute Gasteiger partial charge is 0.270 e. The van der Waals surface area contributed by atoms with Gasteiger partial charge >= 0.3 is 0 Å². The third-order valence-electron chi connectivity index (χ3n) is 6.79. The molecule has 8 nitrogen and oxygen atoms in total. The van der Waals surface area contributed by atoms with E-state index in [0.29, 0.717) is 35.6 Å². The first-order valence-corrected chi connectivity index (χ1v) is 16.4. The van der Waals surface area contributed by atoms with Crippen LogP contribution in [0.4, 0.5) is 17.1 Å². The van der Waals surface area contributed by atoms with Crippen LogP contribution in [0.25, 0.3) is 0 Å². The summed E-state index contributed by atoms with van der Waals surface area (Å²) in [5, 5.41) is 11.4. The van der Waals surface area contributed by atoms with Gasteiger partial charge in [0, 0.05) is 37.9 Å². The Kier molecular flexibility index (Phi) is 7.36. The molecule has 2 aliphatic rings. The SMILES string of the molecule is CCc1cc(COc2cc3c(cc2OC)C(=O)N2c4ccccc4C[C@H]2CN3P(P)P)cc([N+](=O)[O-])c1. The molecule has 2 aliphatic heterocycles. The number of nitro benzene ring substituents is 1. The second-order valence-electron chi connectivity index (χ2n) is 9.05. The number of methoxy groups -OCH3 is 1. The van der Waals surface area contributed by atoms with Crippen molar-refractivity contribution >= 4 is 48.3 Å². The number of benzene rings is 3. The van der Waals surface area contributed by atoms with E-state index >= 15 is 0 Å². The lowest BCUT2D eigenvalue weighted by atomic mass is 10.1. The Hall–Kier alpha value is -2.78. The van der Waals surface area contributed by atoms with E-state index in [1.165, 1.54) is 11.6 Å². The van der Waals surface area contributed by atoms with Gasteiger partial charge in [0.2, 0.25) is 0 Å². The summed E-state index contributed by atoms with van der Waals surface area (Å²) >= 11 is 0. The predicted molar refractivity (Wildman–Crippen MR) is 154 cm³/mol. The van der Waals surface area contributed by atoms with Gasteiger partial charge in [0.25, 0.3) is 11.6 Å². The molecule has 2 unspecified atom stereocenters. The van der Waals surface area contributed by atoms with Gasteiger partial charge < -0.3 is 19.0 Å². The molecule has 2 heterocycles. The van der Waals surface area contributed by atoms with Gasteiger partial charge in [-0.2, -0.15) is 0 Å². The van der Waals surface area contributed by atoms with Crippen LogP contribution in [0.2, 0.25) is 0 Å². The van der Waals surface area contributed by atoms with Crippen LogP contribution in [-0.2, 0) is 19.4 Å². The molecule has 0 aromatic heterocycles. The molecule has 5 rings (SSSR count). The average Bonchev–Trinajstić information content (AvgIpc) is 3.22. The summed E-state index contributed by atoms with van der Waals surface area (Å²) in [7, 11) is 6.54. The molecule has 0 aliphatic carbocycles. The van der Waals surface area contributed by atoms with E-state index in [-0.39, 0.29) is 29.2 Å². The first-order valence-electron chi connectivity index (χ1n) is 11.9. The van der Waals surface area contributed by atoms with Crippen LogP contribution in [0, 0.1) is 10.1 Å². The van der Waals surface area contributed by atoms with Crippen LogP contribution in [0.5, 0.6) is 11.5 Å². The van der Waals surface area contributed by atoms with Gasteiger partial charge in [0.05, 0.1) is 29.3 Å². The third-order valence-corrected chi connectivity index (χ3v) is 9.40. The van der Waals surface area contributed by atoms with Gasteiger partial charge in [0.1, 0.15) is 6.61 Å². The monoisotopic (exact) mass is 555 g/mol. The third kappa shape index (κ3) is 4.91. The van der Waals surface area contributed by atoms with Crippen molar-refractivity contribution in [1.82, 2.24) is 0 Å². The average molecular weight is 555 g/mol. The van der Waals surface area contributed by atoms with E-state index < -0.39 is 7.45 Å². The fourth-order valence-electron chi connectivity index (χ4n) is 5.03. The van der Waals surface area contributed by atoms with Crippen molar-refractivity contribution in [2.24, 2.45) is 0 Å². The number of hydrogen-bond donors (Lipinski definition) is 0. The van der Waals surface area contributed by atoms with Crippen LogP contribution in [-0.4, -0.2) is 30.5 Å². The number of aryl methyl sites for hydroxylation is 1. The molecule has 1 amide bonds. The van der Waals surface area contributed by atoms with Gasteiger partial charge in [-0.3, -0.25) is 14.9 Å². The molecular weight excluding hydrogens is 527 g/mol. The number of anilines is 2. The van der Waals surface area contributed by atoms with E-state index in [1.807, 2.05) is 42.2 Å². The maximum absolute atomic E-state index is 13.9. The van der Waals surface area contributed by atoms with Crippen molar-refractivity contribution in [2.45, 2.75) is 32.4 Å². The standard InChI is InChI=1S/C26H28N3O5P3/c1-3-16-8-17(10-19(9-16)29(31)32)15-34-25-13-23-21(12-24(25)33-2)26(30)28-20(14-27(23)37(35)36)11-18-6-4-5-7-22(18)28/h4-10,12-13,20H,3,11,14-15,35-36H2,1-2H3/t20-/m0/s1. The topological polar surface area (TPSA) is 85.2 Å². The number of hydrogen-bond acceptors (Lipinski definition) is 6. The Labute approximate surface area is 221 Å². The summed E-state index contributed by atoms with van der Waals surface area (Å²) in [5.41, 5.74) is 5.10. The van der Waals surface area contributed by atoms with Crippen molar-refractivity contribution in [3.05, 3.63) is 87.0 Å². The highest BCUT2D eigenvalue weighted by molar-refractivity contribution is 8.43. The first-order chi connectivity index (χ1) is 17.8. The van der Waals surface area contributed by atoms with Crippen LogP contribution in [0.15, 0.2) is 54.6 Å². The molecule has 37 heavy (non-hydrogen) atoms. The summed E-state index contributed by atoms with van der Waals surface area (Å²) in [5.74, 6) is 0.865. The van der Waals surface area contributed by atoms with Crippen molar-refractivity contribution in [3.8, 4) is 11.5 Å². The molecular formula is C26H28N3O5P3. The lowest BCUT2D eigenvalue weighted by molar-refractivity contribution is -0.385. The summed E-state index contributed by atoms with van der Waals surface area (Å²) in [6.07, 6.45) is 1.48. The Morgan fingerprint density at radius 1 is 1.08 bits per heavy atom. The minimum Gasteiger partial charge on any atom is -0.493 e.